The predicted octanol–water partition coefficient (Wildman–Crippen LogP) is 2.50. The van der Waals surface area contributed by atoms with Crippen molar-refractivity contribution in [2.45, 2.75) is 38.0 Å². The topological polar surface area (TPSA) is 75.8 Å². The van der Waals surface area contributed by atoms with Gasteiger partial charge in [0.05, 0.1) is 4.90 Å². The van der Waals surface area contributed by atoms with Crippen LogP contribution in [-0.4, -0.2) is 32.2 Å². The molecule has 1 heterocycles. The van der Waals surface area contributed by atoms with Gasteiger partial charge in [-0.15, -0.1) is 4.40 Å². The number of amidine groups is 1. The largest absolute Gasteiger partial charge is 0.399 e. The van der Waals surface area contributed by atoms with Gasteiger partial charge in [-0.3, -0.25) is 0 Å². The van der Waals surface area contributed by atoms with Crippen molar-refractivity contribution in [2.75, 3.05) is 18.8 Å². The van der Waals surface area contributed by atoms with Crippen molar-refractivity contribution in [3.8, 4) is 0 Å². The lowest BCUT2D eigenvalue weighted by Crippen LogP contribution is -2.38. The lowest BCUT2D eigenvalue weighted by molar-refractivity contribution is 0.331. The van der Waals surface area contributed by atoms with Crippen LogP contribution in [0.25, 0.3) is 0 Å². The lowest BCUT2D eigenvalue weighted by Gasteiger charge is -2.31. The number of nitrogen functional groups attached to an aromatic ring is 1. The van der Waals surface area contributed by atoms with Crippen molar-refractivity contribution < 1.29 is 8.42 Å². The number of hydrogen-bond donors (Lipinski definition) is 1. The molecular weight excluding hydrogens is 286 g/mol. The van der Waals surface area contributed by atoms with Gasteiger partial charge >= 0.3 is 0 Å². The summed E-state index contributed by atoms with van der Waals surface area (Å²) in [6, 6.07) is 6.17. The molecule has 1 aliphatic rings. The van der Waals surface area contributed by atoms with Crippen LogP contribution in [0.15, 0.2) is 33.6 Å². The highest BCUT2D eigenvalue weighted by molar-refractivity contribution is 7.90. The van der Waals surface area contributed by atoms with E-state index in [1.54, 1.807) is 12.1 Å². The van der Waals surface area contributed by atoms with E-state index in [1.165, 1.54) is 12.1 Å². The molecule has 0 unspecified atom stereocenters. The van der Waals surface area contributed by atoms with Gasteiger partial charge in [-0.1, -0.05) is 13.8 Å². The third kappa shape index (κ3) is 4.20. The Bertz CT molecular complexity index is 606. The first-order chi connectivity index (χ1) is 9.88. The molecule has 1 aromatic rings. The zero-order chi connectivity index (χ0) is 15.5. The van der Waals surface area contributed by atoms with Gasteiger partial charge in [-0.2, -0.15) is 8.42 Å². The molecule has 1 saturated heterocycles. The van der Waals surface area contributed by atoms with E-state index in [0.29, 0.717) is 17.4 Å². The molecule has 0 amide bonds. The Labute approximate surface area is 126 Å². The molecule has 21 heavy (non-hydrogen) atoms. The maximum absolute atomic E-state index is 12.4. The molecule has 5 nitrogen and oxygen atoms in total. The first kappa shape index (κ1) is 15.8. The molecule has 0 spiro atoms. The number of anilines is 1. The highest BCUT2D eigenvalue weighted by Crippen LogP contribution is 2.19. The molecule has 1 aromatic carbocycles. The predicted molar refractivity (Wildman–Crippen MR) is 85.7 cm³/mol. The molecule has 0 aromatic heterocycles. The van der Waals surface area contributed by atoms with E-state index in [9.17, 15) is 8.42 Å². The molecule has 2 rings (SSSR count). The van der Waals surface area contributed by atoms with E-state index >= 15 is 0 Å². The molecule has 1 fully saturated rings. The van der Waals surface area contributed by atoms with Crippen LogP contribution in [0.4, 0.5) is 5.69 Å². The van der Waals surface area contributed by atoms with Crippen molar-refractivity contribution in [1.82, 2.24) is 4.90 Å². The van der Waals surface area contributed by atoms with Crippen molar-refractivity contribution >= 4 is 21.5 Å². The second-order valence-corrected chi connectivity index (χ2v) is 7.45. The number of nitrogens with zero attached hydrogens (tertiary/aromatic N) is 2. The van der Waals surface area contributed by atoms with Crippen LogP contribution >= 0.6 is 0 Å². The van der Waals surface area contributed by atoms with Crippen LogP contribution in [-0.2, 0) is 10.0 Å². The molecule has 116 valence electrons. The van der Waals surface area contributed by atoms with E-state index in [1.807, 2.05) is 0 Å². The number of likely N-dealkylation sites (tertiary alicyclic amines) is 1. The zero-order valence-corrected chi connectivity index (χ0v) is 13.4. The van der Waals surface area contributed by atoms with Gasteiger partial charge in [0.1, 0.15) is 5.84 Å². The Morgan fingerprint density at radius 3 is 2.52 bits per heavy atom. The Morgan fingerprint density at radius 1 is 1.24 bits per heavy atom. The van der Waals surface area contributed by atoms with E-state index < -0.39 is 10.0 Å². The summed E-state index contributed by atoms with van der Waals surface area (Å²) in [5, 5.41) is 0. The SMILES string of the molecule is CC(C)CN1CCCC/C1=N\S(=O)(=O)c1ccc(N)cc1. The molecule has 0 radical (unpaired) electrons. The maximum atomic E-state index is 12.4. The Morgan fingerprint density at radius 2 is 1.90 bits per heavy atom. The second kappa shape index (κ2) is 6.47. The monoisotopic (exact) mass is 309 g/mol. The number of nitrogens with two attached hydrogens (primary N) is 1. The van der Waals surface area contributed by atoms with Gasteiger partial charge in [0.2, 0.25) is 0 Å². The Hall–Kier alpha value is -1.56. The van der Waals surface area contributed by atoms with Crippen LogP contribution in [0.2, 0.25) is 0 Å². The summed E-state index contributed by atoms with van der Waals surface area (Å²) >= 11 is 0. The summed E-state index contributed by atoms with van der Waals surface area (Å²) < 4.78 is 28.9. The fourth-order valence-corrected chi connectivity index (χ4v) is 3.51. The molecule has 0 bridgehead atoms. The lowest BCUT2D eigenvalue weighted by atomic mass is 10.1. The molecule has 6 heteroatoms. The van der Waals surface area contributed by atoms with Gasteiger partial charge in [0, 0.05) is 25.2 Å². The van der Waals surface area contributed by atoms with Crippen LogP contribution < -0.4 is 5.73 Å². The average molecular weight is 309 g/mol. The first-order valence-corrected chi connectivity index (χ1v) is 8.77. The van der Waals surface area contributed by atoms with Gasteiger partial charge in [-0.25, -0.2) is 0 Å². The van der Waals surface area contributed by atoms with Gasteiger partial charge in [0.15, 0.2) is 0 Å². The van der Waals surface area contributed by atoms with Crippen molar-refractivity contribution in [3.05, 3.63) is 24.3 Å². The van der Waals surface area contributed by atoms with Crippen LogP contribution in [0.3, 0.4) is 0 Å². The number of rotatable bonds is 4. The minimum Gasteiger partial charge on any atom is -0.399 e. The van der Waals surface area contributed by atoms with Crippen LogP contribution in [0.5, 0.6) is 0 Å². The van der Waals surface area contributed by atoms with E-state index in [4.69, 9.17) is 5.73 Å². The number of benzene rings is 1. The van der Waals surface area contributed by atoms with E-state index in [2.05, 4.69) is 23.1 Å². The van der Waals surface area contributed by atoms with Crippen LogP contribution in [0, 0.1) is 5.92 Å². The van der Waals surface area contributed by atoms with Gasteiger partial charge < -0.3 is 10.6 Å². The molecule has 0 atom stereocenters. The number of sulfonamides is 1. The van der Waals surface area contributed by atoms with Gasteiger partial charge in [-0.05, 0) is 43.0 Å². The third-order valence-corrected chi connectivity index (χ3v) is 4.75. The fourth-order valence-electron chi connectivity index (χ4n) is 2.44. The third-order valence-electron chi connectivity index (χ3n) is 3.43. The normalized spacial score (nSPS) is 18.4. The average Bonchev–Trinajstić information content (AvgIpc) is 2.40. The molecule has 2 N–H and O–H groups in total. The molecular formula is C15H23N3O2S. The summed E-state index contributed by atoms with van der Waals surface area (Å²) in [6.45, 7) is 5.98. The summed E-state index contributed by atoms with van der Waals surface area (Å²) in [4.78, 5) is 2.29. The molecule has 0 aliphatic carbocycles. The van der Waals surface area contributed by atoms with Crippen LogP contribution in [0.1, 0.15) is 33.1 Å². The summed E-state index contributed by atoms with van der Waals surface area (Å²) in [5.41, 5.74) is 6.13. The standard InChI is InChI=1S/C15H23N3O2S/c1-12(2)11-18-10-4-3-5-15(18)17-21(19,20)14-8-6-13(16)7-9-14/h6-9,12H,3-5,10-11,16H2,1-2H3/b17-15+. The number of hydrogen-bond acceptors (Lipinski definition) is 3. The smallest absolute Gasteiger partial charge is 0.283 e. The minimum absolute atomic E-state index is 0.194. The second-order valence-electron chi connectivity index (χ2n) is 5.85. The molecule has 1 aliphatic heterocycles. The quantitative estimate of drug-likeness (QED) is 0.867. The van der Waals surface area contributed by atoms with Gasteiger partial charge in [0.25, 0.3) is 10.0 Å². The van der Waals surface area contributed by atoms with Crippen molar-refractivity contribution in [3.63, 3.8) is 0 Å². The van der Waals surface area contributed by atoms with E-state index in [0.717, 1.165) is 32.4 Å². The van der Waals surface area contributed by atoms with Crippen molar-refractivity contribution in [2.24, 2.45) is 10.3 Å². The summed E-state index contributed by atoms with van der Waals surface area (Å²) in [7, 11) is -3.65. The first-order valence-electron chi connectivity index (χ1n) is 7.33. The summed E-state index contributed by atoms with van der Waals surface area (Å²) in [5.74, 6) is 1.17. The zero-order valence-electron chi connectivity index (χ0n) is 12.6. The highest BCUT2D eigenvalue weighted by Gasteiger charge is 2.21. The fraction of sp³-hybridized carbons (Fsp3) is 0.533. The Kier molecular flexibility index (Phi) is 4.88. The maximum Gasteiger partial charge on any atom is 0.283 e. The molecule has 0 saturated carbocycles. The summed E-state index contributed by atoms with van der Waals surface area (Å²) in [6.07, 6.45) is 2.80. The van der Waals surface area contributed by atoms with E-state index in [-0.39, 0.29) is 4.90 Å². The minimum atomic E-state index is -3.65. The van der Waals surface area contributed by atoms with Crippen molar-refractivity contribution in [1.29, 1.82) is 0 Å². The Balaban J connectivity index is 2.28. The highest BCUT2D eigenvalue weighted by atomic mass is 32.2. The number of piperidine rings is 1.